The SMILES string of the molecule is O=C(NCCc1c[nH]c2ccccc12)C1CCN(C(=O)c2ccc(F)cc2F)CC1. The van der Waals surface area contributed by atoms with Crippen molar-refractivity contribution in [3.05, 3.63) is 71.4 Å². The summed E-state index contributed by atoms with van der Waals surface area (Å²) >= 11 is 0. The molecule has 1 aromatic heterocycles. The molecule has 30 heavy (non-hydrogen) atoms. The van der Waals surface area contributed by atoms with Gasteiger partial charge >= 0.3 is 0 Å². The highest BCUT2D eigenvalue weighted by Crippen LogP contribution is 2.21. The molecule has 0 unspecified atom stereocenters. The number of benzene rings is 2. The van der Waals surface area contributed by atoms with Gasteiger partial charge in [-0.1, -0.05) is 18.2 Å². The van der Waals surface area contributed by atoms with Gasteiger partial charge in [-0.15, -0.1) is 0 Å². The fourth-order valence-electron chi connectivity index (χ4n) is 3.98. The highest BCUT2D eigenvalue weighted by molar-refractivity contribution is 5.94. The Morgan fingerprint density at radius 1 is 1.10 bits per heavy atom. The Labute approximate surface area is 173 Å². The summed E-state index contributed by atoms with van der Waals surface area (Å²) in [5.41, 5.74) is 2.10. The largest absolute Gasteiger partial charge is 0.361 e. The van der Waals surface area contributed by atoms with Gasteiger partial charge in [-0.2, -0.15) is 0 Å². The average molecular weight is 411 g/mol. The van der Waals surface area contributed by atoms with Crippen molar-refractivity contribution in [2.24, 2.45) is 5.92 Å². The van der Waals surface area contributed by atoms with Gasteiger partial charge in [0, 0.05) is 48.7 Å². The van der Waals surface area contributed by atoms with Crippen LogP contribution in [-0.2, 0) is 11.2 Å². The summed E-state index contributed by atoms with van der Waals surface area (Å²) < 4.78 is 26.9. The predicted molar refractivity (Wildman–Crippen MR) is 110 cm³/mol. The molecule has 0 saturated carbocycles. The van der Waals surface area contributed by atoms with E-state index in [9.17, 15) is 18.4 Å². The Hall–Kier alpha value is -3.22. The van der Waals surface area contributed by atoms with E-state index in [1.54, 1.807) is 0 Å². The second-order valence-electron chi connectivity index (χ2n) is 7.59. The van der Waals surface area contributed by atoms with Gasteiger partial charge in [-0.05, 0) is 43.0 Å². The van der Waals surface area contributed by atoms with E-state index in [1.165, 1.54) is 4.90 Å². The van der Waals surface area contributed by atoms with Gasteiger partial charge in [0.15, 0.2) is 0 Å². The maximum atomic E-state index is 13.9. The van der Waals surface area contributed by atoms with Crippen LogP contribution in [0.5, 0.6) is 0 Å². The second-order valence-corrected chi connectivity index (χ2v) is 7.59. The lowest BCUT2D eigenvalue weighted by atomic mass is 9.95. The number of aromatic nitrogens is 1. The molecular formula is C23H23F2N3O2. The molecule has 1 saturated heterocycles. The maximum absolute atomic E-state index is 13.9. The van der Waals surface area contributed by atoms with Crippen LogP contribution >= 0.6 is 0 Å². The number of hydrogen-bond acceptors (Lipinski definition) is 2. The van der Waals surface area contributed by atoms with Crippen molar-refractivity contribution in [3.8, 4) is 0 Å². The minimum atomic E-state index is -0.864. The molecule has 2 amide bonds. The van der Waals surface area contributed by atoms with E-state index >= 15 is 0 Å². The van der Waals surface area contributed by atoms with Gasteiger partial charge in [0.2, 0.25) is 5.91 Å². The van der Waals surface area contributed by atoms with Crippen molar-refractivity contribution in [2.45, 2.75) is 19.3 Å². The summed E-state index contributed by atoms with van der Waals surface area (Å²) in [5.74, 6) is -2.24. The number of nitrogens with zero attached hydrogens (tertiary/aromatic N) is 1. The second kappa shape index (κ2) is 8.65. The number of halogens is 2. The molecule has 0 aliphatic carbocycles. The minimum Gasteiger partial charge on any atom is -0.361 e. The van der Waals surface area contributed by atoms with E-state index in [0.717, 1.165) is 35.0 Å². The summed E-state index contributed by atoms with van der Waals surface area (Å²) in [7, 11) is 0. The van der Waals surface area contributed by atoms with Crippen molar-refractivity contribution >= 4 is 22.7 Å². The molecule has 1 fully saturated rings. The van der Waals surface area contributed by atoms with Crippen molar-refractivity contribution in [1.82, 2.24) is 15.2 Å². The molecule has 0 atom stereocenters. The topological polar surface area (TPSA) is 65.2 Å². The third-order valence-corrected chi connectivity index (χ3v) is 5.68. The fourth-order valence-corrected chi connectivity index (χ4v) is 3.98. The summed E-state index contributed by atoms with van der Waals surface area (Å²) in [5, 5.41) is 4.15. The molecule has 4 rings (SSSR count). The number of rotatable bonds is 5. The van der Waals surface area contributed by atoms with Crippen LogP contribution in [-0.4, -0.2) is 41.3 Å². The Morgan fingerprint density at radius 2 is 1.87 bits per heavy atom. The molecular weight excluding hydrogens is 388 g/mol. The van der Waals surface area contributed by atoms with E-state index in [2.05, 4.69) is 16.4 Å². The molecule has 2 aromatic carbocycles. The monoisotopic (exact) mass is 411 g/mol. The van der Waals surface area contributed by atoms with Gasteiger partial charge in [-0.25, -0.2) is 8.78 Å². The molecule has 2 N–H and O–H groups in total. The van der Waals surface area contributed by atoms with Gasteiger partial charge in [0.1, 0.15) is 11.6 Å². The molecule has 0 spiro atoms. The van der Waals surface area contributed by atoms with E-state index < -0.39 is 17.5 Å². The van der Waals surface area contributed by atoms with Crippen LogP contribution < -0.4 is 5.32 Å². The highest BCUT2D eigenvalue weighted by Gasteiger charge is 2.28. The van der Waals surface area contributed by atoms with Crippen molar-refractivity contribution in [2.75, 3.05) is 19.6 Å². The maximum Gasteiger partial charge on any atom is 0.256 e. The van der Waals surface area contributed by atoms with Crippen molar-refractivity contribution < 1.29 is 18.4 Å². The Bertz CT molecular complexity index is 1070. The zero-order valence-corrected chi connectivity index (χ0v) is 16.5. The van der Waals surface area contributed by atoms with Crippen LogP contribution in [0.25, 0.3) is 10.9 Å². The zero-order chi connectivity index (χ0) is 21.1. The first-order valence-electron chi connectivity index (χ1n) is 10.1. The number of nitrogens with one attached hydrogen (secondary N) is 2. The zero-order valence-electron chi connectivity index (χ0n) is 16.5. The highest BCUT2D eigenvalue weighted by atomic mass is 19.1. The van der Waals surface area contributed by atoms with E-state index in [4.69, 9.17) is 0 Å². The number of likely N-dealkylation sites (tertiary alicyclic amines) is 1. The molecule has 7 heteroatoms. The first-order valence-corrected chi connectivity index (χ1v) is 10.1. The first kappa shape index (κ1) is 20.1. The third-order valence-electron chi connectivity index (χ3n) is 5.68. The Kier molecular flexibility index (Phi) is 5.79. The minimum absolute atomic E-state index is 0.0186. The number of H-pyrrole nitrogens is 1. The van der Waals surface area contributed by atoms with Crippen molar-refractivity contribution in [1.29, 1.82) is 0 Å². The standard InChI is InChI=1S/C23H23F2N3O2/c24-17-5-6-19(20(25)13-17)23(30)28-11-8-15(9-12-28)22(29)26-10-7-16-14-27-21-4-2-1-3-18(16)21/h1-6,13-15,27H,7-12H2,(H,26,29). The van der Waals surface area contributed by atoms with Crippen molar-refractivity contribution in [3.63, 3.8) is 0 Å². The van der Waals surface area contributed by atoms with Crippen LogP contribution in [0, 0.1) is 17.6 Å². The van der Waals surface area contributed by atoms with Crippen LogP contribution in [0.1, 0.15) is 28.8 Å². The molecule has 3 aromatic rings. The fraction of sp³-hybridized carbons (Fsp3) is 0.304. The normalized spacial score (nSPS) is 14.8. The number of para-hydroxylation sites is 1. The van der Waals surface area contributed by atoms with Crippen LogP contribution in [0.2, 0.25) is 0 Å². The number of amides is 2. The van der Waals surface area contributed by atoms with Crippen LogP contribution in [0.4, 0.5) is 8.78 Å². The third kappa shape index (κ3) is 4.20. The lowest BCUT2D eigenvalue weighted by Gasteiger charge is -2.31. The van der Waals surface area contributed by atoms with E-state index in [1.807, 2.05) is 24.4 Å². The Morgan fingerprint density at radius 3 is 2.63 bits per heavy atom. The van der Waals surface area contributed by atoms with E-state index in [-0.39, 0.29) is 17.4 Å². The smallest absolute Gasteiger partial charge is 0.256 e. The summed E-state index contributed by atoms with van der Waals surface area (Å²) in [6.07, 6.45) is 3.74. The van der Waals surface area contributed by atoms with Gasteiger partial charge in [0.05, 0.1) is 5.56 Å². The molecule has 5 nitrogen and oxygen atoms in total. The van der Waals surface area contributed by atoms with Gasteiger partial charge in [-0.3, -0.25) is 9.59 Å². The average Bonchev–Trinajstić information content (AvgIpc) is 3.16. The number of fused-ring (bicyclic) bond motifs is 1. The van der Waals surface area contributed by atoms with Crippen LogP contribution in [0.3, 0.4) is 0 Å². The number of hydrogen-bond donors (Lipinski definition) is 2. The van der Waals surface area contributed by atoms with Gasteiger partial charge < -0.3 is 15.2 Å². The van der Waals surface area contributed by atoms with Crippen LogP contribution in [0.15, 0.2) is 48.7 Å². The molecule has 0 radical (unpaired) electrons. The summed E-state index contributed by atoms with van der Waals surface area (Å²) in [6, 6.07) is 11.0. The quantitative estimate of drug-likeness (QED) is 0.673. The number of carbonyl (C=O) groups is 2. The predicted octanol–water partition coefficient (Wildman–Crippen LogP) is 3.66. The molecule has 1 aliphatic heterocycles. The summed E-state index contributed by atoms with van der Waals surface area (Å²) in [4.78, 5) is 29.7. The molecule has 156 valence electrons. The molecule has 1 aliphatic rings. The van der Waals surface area contributed by atoms with E-state index in [0.29, 0.717) is 38.5 Å². The lowest BCUT2D eigenvalue weighted by Crippen LogP contribution is -2.43. The molecule has 0 bridgehead atoms. The molecule has 2 heterocycles. The number of aromatic amines is 1. The number of carbonyl (C=O) groups excluding carboxylic acids is 2. The lowest BCUT2D eigenvalue weighted by molar-refractivity contribution is -0.126. The number of piperidine rings is 1. The summed E-state index contributed by atoms with van der Waals surface area (Å²) in [6.45, 7) is 1.28. The first-order chi connectivity index (χ1) is 14.5. The van der Waals surface area contributed by atoms with Gasteiger partial charge in [0.25, 0.3) is 5.91 Å². The Balaban J connectivity index is 1.26.